The molecule has 0 bridgehead atoms. The first kappa shape index (κ1) is 17.0. The predicted molar refractivity (Wildman–Crippen MR) is 102 cm³/mol. The molecule has 3 aromatic rings. The minimum absolute atomic E-state index is 0.0864. The van der Waals surface area contributed by atoms with Gasteiger partial charge in [0.15, 0.2) is 0 Å². The summed E-state index contributed by atoms with van der Waals surface area (Å²) in [6, 6.07) is 20.6. The van der Waals surface area contributed by atoms with Crippen LogP contribution in [-0.2, 0) is 0 Å². The van der Waals surface area contributed by atoms with Crippen molar-refractivity contribution in [1.82, 2.24) is 4.98 Å². The summed E-state index contributed by atoms with van der Waals surface area (Å²) in [7, 11) is 0. The Morgan fingerprint density at radius 1 is 1.04 bits per heavy atom. The van der Waals surface area contributed by atoms with Crippen LogP contribution in [0, 0.1) is 0 Å². The number of halogens is 1. The van der Waals surface area contributed by atoms with E-state index in [1.807, 2.05) is 18.2 Å². The number of pyridine rings is 1. The van der Waals surface area contributed by atoms with Gasteiger partial charge in [0.1, 0.15) is 5.82 Å². The number of anilines is 2. The highest BCUT2D eigenvalue weighted by Gasteiger charge is 2.10. The third-order valence-corrected chi connectivity index (χ3v) is 4.04. The van der Waals surface area contributed by atoms with Crippen LogP contribution < -0.4 is 10.6 Å². The van der Waals surface area contributed by atoms with E-state index in [-0.39, 0.29) is 11.9 Å². The summed E-state index contributed by atoms with van der Waals surface area (Å²) in [6.45, 7) is 2.05. The van der Waals surface area contributed by atoms with Gasteiger partial charge in [-0.2, -0.15) is 0 Å². The maximum absolute atomic E-state index is 12.4. The summed E-state index contributed by atoms with van der Waals surface area (Å²) in [5.74, 6) is 0.459. The van der Waals surface area contributed by atoms with Crippen LogP contribution in [0.25, 0.3) is 0 Å². The summed E-state index contributed by atoms with van der Waals surface area (Å²) < 4.78 is 0. The van der Waals surface area contributed by atoms with Gasteiger partial charge in [-0.15, -0.1) is 0 Å². The lowest BCUT2D eigenvalue weighted by Gasteiger charge is -2.15. The standard InChI is InChI=1S/C20H18ClN3O/c1-14(15-5-3-2-4-6-15)23-19-13-16(11-12-22-19)20(25)24-18-9-7-17(21)8-10-18/h2-14H,1H3,(H,22,23)(H,24,25). The molecule has 1 amide bonds. The molecule has 2 N–H and O–H groups in total. The molecule has 25 heavy (non-hydrogen) atoms. The Hall–Kier alpha value is -2.85. The molecule has 0 aliphatic rings. The molecule has 0 saturated carbocycles. The highest BCUT2D eigenvalue weighted by molar-refractivity contribution is 6.30. The lowest BCUT2D eigenvalue weighted by molar-refractivity contribution is 0.102. The van der Waals surface area contributed by atoms with E-state index in [9.17, 15) is 4.79 Å². The van der Waals surface area contributed by atoms with Crippen LogP contribution in [0.2, 0.25) is 5.02 Å². The van der Waals surface area contributed by atoms with E-state index in [1.165, 1.54) is 0 Å². The Bertz CT molecular complexity index is 850. The lowest BCUT2D eigenvalue weighted by Crippen LogP contribution is -2.13. The minimum atomic E-state index is -0.194. The zero-order valence-corrected chi connectivity index (χ0v) is 14.5. The Morgan fingerprint density at radius 3 is 2.48 bits per heavy atom. The molecule has 1 heterocycles. The number of hydrogen-bond acceptors (Lipinski definition) is 3. The van der Waals surface area contributed by atoms with Crippen molar-refractivity contribution >= 4 is 29.0 Å². The number of amides is 1. The average molecular weight is 352 g/mol. The monoisotopic (exact) mass is 351 g/mol. The van der Waals surface area contributed by atoms with Crippen LogP contribution in [0.1, 0.15) is 28.9 Å². The van der Waals surface area contributed by atoms with Crippen molar-refractivity contribution in [2.24, 2.45) is 0 Å². The van der Waals surface area contributed by atoms with E-state index in [4.69, 9.17) is 11.6 Å². The largest absolute Gasteiger partial charge is 0.364 e. The number of nitrogens with one attached hydrogen (secondary N) is 2. The molecule has 0 radical (unpaired) electrons. The smallest absolute Gasteiger partial charge is 0.255 e. The number of benzene rings is 2. The SMILES string of the molecule is CC(Nc1cc(C(=O)Nc2ccc(Cl)cc2)ccn1)c1ccccc1. The molecule has 126 valence electrons. The van der Waals surface area contributed by atoms with Crippen molar-refractivity contribution in [1.29, 1.82) is 0 Å². The molecule has 5 heteroatoms. The number of hydrogen-bond donors (Lipinski definition) is 2. The fourth-order valence-electron chi connectivity index (χ4n) is 2.43. The van der Waals surface area contributed by atoms with Gasteiger partial charge in [-0.05, 0) is 48.9 Å². The zero-order valence-electron chi connectivity index (χ0n) is 13.7. The normalized spacial score (nSPS) is 11.6. The van der Waals surface area contributed by atoms with Gasteiger partial charge in [-0.25, -0.2) is 4.98 Å². The number of carbonyl (C=O) groups excluding carboxylic acids is 1. The molecule has 1 unspecified atom stereocenters. The first-order chi connectivity index (χ1) is 12.1. The molecule has 0 fully saturated rings. The highest BCUT2D eigenvalue weighted by atomic mass is 35.5. The van der Waals surface area contributed by atoms with Gasteiger partial charge >= 0.3 is 0 Å². The van der Waals surface area contributed by atoms with Crippen LogP contribution in [0.5, 0.6) is 0 Å². The molecule has 1 atom stereocenters. The fraction of sp³-hybridized carbons (Fsp3) is 0.100. The van der Waals surface area contributed by atoms with Crippen LogP contribution in [0.4, 0.5) is 11.5 Å². The molecule has 0 aliphatic carbocycles. The van der Waals surface area contributed by atoms with E-state index in [2.05, 4.69) is 34.7 Å². The van der Waals surface area contributed by atoms with Crippen molar-refractivity contribution in [3.63, 3.8) is 0 Å². The highest BCUT2D eigenvalue weighted by Crippen LogP contribution is 2.19. The van der Waals surface area contributed by atoms with E-state index in [0.717, 1.165) is 5.56 Å². The van der Waals surface area contributed by atoms with Gasteiger partial charge < -0.3 is 10.6 Å². The third kappa shape index (κ3) is 4.58. The maximum Gasteiger partial charge on any atom is 0.255 e. The second-order valence-electron chi connectivity index (χ2n) is 5.67. The Balaban J connectivity index is 1.70. The molecular weight excluding hydrogens is 334 g/mol. The molecule has 1 aromatic heterocycles. The molecule has 3 rings (SSSR count). The van der Waals surface area contributed by atoms with E-state index in [0.29, 0.717) is 22.1 Å². The second-order valence-corrected chi connectivity index (χ2v) is 6.10. The van der Waals surface area contributed by atoms with Crippen LogP contribution in [0.15, 0.2) is 72.9 Å². The van der Waals surface area contributed by atoms with Gasteiger partial charge in [0.05, 0.1) is 0 Å². The predicted octanol–water partition coefficient (Wildman–Crippen LogP) is 5.16. The molecule has 0 aliphatic heterocycles. The number of aromatic nitrogens is 1. The fourth-order valence-corrected chi connectivity index (χ4v) is 2.56. The van der Waals surface area contributed by atoms with Crippen molar-refractivity contribution in [3.8, 4) is 0 Å². The van der Waals surface area contributed by atoms with Gasteiger partial charge in [-0.1, -0.05) is 41.9 Å². The van der Waals surface area contributed by atoms with Crippen molar-refractivity contribution in [2.45, 2.75) is 13.0 Å². The van der Waals surface area contributed by atoms with Crippen molar-refractivity contribution in [2.75, 3.05) is 10.6 Å². The zero-order chi connectivity index (χ0) is 17.6. The van der Waals surface area contributed by atoms with Gasteiger partial charge in [0.25, 0.3) is 5.91 Å². The van der Waals surface area contributed by atoms with Gasteiger partial charge in [0.2, 0.25) is 0 Å². The van der Waals surface area contributed by atoms with Crippen LogP contribution in [-0.4, -0.2) is 10.9 Å². The Morgan fingerprint density at radius 2 is 1.76 bits per heavy atom. The number of carbonyl (C=O) groups is 1. The molecular formula is C20H18ClN3O. The second kappa shape index (κ2) is 7.81. The maximum atomic E-state index is 12.4. The summed E-state index contributed by atoms with van der Waals surface area (Å²) in [4.78, 5) is 16.7. The Kier molecular flexibility index (Phi) is 5.31. The van der Waals surface area contributed by atoms with Gasteiger partial charge in [0, 0.05) is 28.5 Å². The summed E-state index contributed by atoms with van der Waals surface area (Å²) in [5, 5.41) is 6.79. The van der Waals surface area contributed by atoms with Crippen LogP contribution in [0.3, 0.4) is 0 Å². The summed E-state index contributed by atoms with van der Waals surface area (Å²) >= 11 is 5.86. The van der Waals surface area contributed by atoms with E-state index < -0.39 is 0 Å². The van der Waals surface area contributed by atoms with E-state index in [1.54, 1.807) is 42.6 Å². The van der Waals surface area contributed by atoms with Crippen molar-refractivity contribution < 1.29 is 4.79 Å². The molecule has 0 spiro atoms. The molecule has 4 nitrogen and oxygen atoms in total. The summed E-state index contributed by atoms with van der Waals surface area (Å²) in [5.41, 5.74) is 2.38. The van der Waals surface area contributed by atoms with Gasteiger partial charge in [-0.3, -0.25) is 4.79 Å². The first-order valence-corrected chi connectivity index (χ1v) is 8.34. The molecule has 0 saturated heterocycles. The number of nitrogens with zero attached hydrogens (tertiary/aromatic N) is 1. The third-order valence-electron chi connectivity index (χ3n) is 3.79. The quantitative estimate of drug-likeness (QED) is 0.667. The van der Waals surface area contributed by atoms with Crippen molar-refractivity contribution in [3.05, 3.63) is 89.1 Å². The Labute approximate surface area is 151 Å². The number of rotatable bonds is 5. The minimum Gasteiger partial charge on any atom is -0.364 e. The molecule has 2 aromatic carbocycles. The average Bonchev–Trinajstić information content (AvgIpc) is 2.64. The van der Waals surface area contributed by atoms with E-state index >= 15 is 0 Å². The lowest BCUT2D eigenvalue weighted by atomic mass is 10.1. The summed E-state index contributed by atoms with van der Waals surface area (Å²) in [6.07, 6.45) is 1.62. The van der Waals surface area contributed by atoms with Crippen LogP contribution >= 0.6 is 11.6 Å². The topological polar surface area (TPSA) is 54.0 Å². The first-order valence-electron chi connectivity index (χ1n) is 7.96.